The van der Waals surface area contributed by atoms with E-state index in [0.717, 1.165) is 19.3 Å². The van der Waals surface area contributed by atoms with E-state index in [2.05, 4.69) is 26.8 Å². The fraction of sp³-hybridized carbons (Fsp3) is 0.562. The van der Waals surface area contributed by atoms with Gasteiger partial charge in [-0.3, -0.25) is 0 Å². The zero-order valence-electron chi connectivity index (χ0n) is 11.9. The highest BCUT2D eigenvalue weighted by Gasteiger charge is 2.15. The van der Waals surface area contributed by atoms with Gasteiger partial charge in [0.25, 0.3) is 0 Å². The molecule has 2 nitrogen and oxygen atoms in total. The first-order chi connectivity index (χ1) is 9.08. The molecule has 1 aromatic rings. The summed E-state index contributed by atoms with van der Waals surface area (Å²) in [6.45, 7) is 7.09. The smallest absolute Gasteiger partial charge is 0.338 e. The molecule has 0 saturated heterocycles. The van der Waals surface area contributed by atoms with Crippen molar-refractivity contribution < 1.29 is 9.53 Å². The molecule has 0 bridgehead atoms. The summed E-state index contributed by atoms with van der Waals surface area (Å²) in [6, 6.07) is 7.74. The second-order valence-corrected chi connectivity index (χ2v) is 5.34. The van der Waals surface area contributed by atoms with Crippen molar-refractivity contribution in [2.75, 3.05) is 6.61 Å². The Morgan fingerprint density at radius 3 is 2.74 bits per heavy atom. The largest absolute Gasteiger partial charge is 0.462 e. The van der Waals surface area contributed by atoms with Crippen LogP contribution in [0, 0.1) is 17.9 Å². The molecule has 0 amide bonds. The lowest BCUT2D eigenvalue weighted by atomic mass is 9.87. The Morgan fingerprint density at radius 2 is 2.16 bits per heavy atom. The van der Waals surface area contributed by atoms with Gasteiger partial charge in [-0.05, 0) is 36.5 Å². The van der Waals surface area contributed by atoms with Crippen LogP contribution in [0.25, 0.3) is 0 Å². The van der Waals surface area contributed by atoms with Gasteiger partial charge in [-0.2, -0.15) is 0 Å². The highest BCUT2D eigenvalue weighted by molar-refractivity contribution is 6.30. The van der Waals surface area contributed by atoms with Crippen LogP contribution in [-0.2, 0) is 4.74 Å². The Kier molecular flexibility index (Phi) is 6.93. The third kappa shape index (κ3) is 5.23. The quantitative estimate of drug-likeness (QED) is 0.674. The number of ether oxygens (including phenoxy) is 1. The van der Waals surface area contributed by atoms with E-state index in [0.29, 0.717) is 29.0 Å². The van der Waals surface area contributed by atoms with E-state index in [1.165, 1.54) is 0 Å². The van der Waals surface area contributed by atoms with Crippen molar-refractivity contribution in [2.45, 2.75) is 40.0 Å². The van der Waals surface area contributed by atoms with E-state index in [-0.39, 0.29) is 5.97 Å². The first kappa shape index (κ1) is 16.0. The first-order valence-electron chi connectivity index (χ1n) is 6.92. The average molecular weight is 282 g/mol. The predicted octanol–water partition coefficient (Wildman–Crippen LogP) is 4.76. The van der Waals surface area contributed by atoms with E-state index < -0.39 is 0 Å². The van der Waals surface area contributed by atoms with Crippen LogP contribution in [0.3, 0.4) is 0 Å². The lowest BCUT2D eigenvalue weighted by molar-refractivity contribution is 0.0468. The van der Waals surface area contributed by atoms with Gasteiger partial charge in [-0.15, -0.1) is 0 Å². The molecular formula is C16H22ClO2. The number of halogens is 1. The van der Waals surface area contributed by atoms with Crippen LogP contribution >= 0.6 is 11.6 Å². The maximum Gasteiger partial charge on any atom is 0.338 e. The molecule has 3 heteroatoms. The van der Waals surface area contributed by atoms with E-state index >= 15 is 0 Å². The maximum absolute atomic E-state index is 11.8. The summed E-state index contributed by atoms with van der Waals surface area (Å²) in [5.41, 5.74) is 0.393. The number of hydrogen-bond donors (Lipinski definition) is 0. The van der Waals surface area contributed by atoms with Crippen molar-refractivity contribution in [3.8, 4) is 0 Å². The van der Waals surface area contributed by atoms with Crippen molar-refractivity contribution in [3.05, 3.63) is 34.9 Å². The van der Waals surface area contributed by atoms with Crippen LogP contribution in [0.2, 0.25) is 5.02 Å². The number of carbonyl (C=O) groups is 1. The molecule has 0 aliphatic rings. The molecule has 2 unspecified atom stereocenters. The molecule has 0 aliphatic carbocycles. The van der Waals surface area contributed by atoms with Crippen molar-refractivity contribution in [1.82, 2.24) is 0 Å². The van der Waals surface area contributed by atoms with Crippen LogP contribution in [0.15, 0.2) is 18.2 Å². The molecule has 0 aliphatic heterocycles. The standard InChI is InChI=1S/C16H22ClO2/c1-4-12(3)13(5-2)9-10-19-16(18)14-7-6-8-15(17)11-14/h6,8,11-13H,4-5,9-10H2,1-3H3. The van der Waals surface area contributed by atoms with Gasteiger partial charge in [0.15, 0.2) is 0 Å². The average Bonchev–Trinajstić information content (AvgIpc) is 2.42. The Labute approximate surface area is 121 Å². The monoisotopic (exact) mass is 281 g/mol. The molecule has 2 atom stereocenters. The predicted molar refractivity (Wildman–Crippen MR) is 78.4 cm³/mol. The molecular weight excluding hydrogens is 260 g/mol. The van der Waals surface area contributed by atoms with Crippen molar-refractivity contribution in [1.29, 1.82) is 0 Å². The van der Waals surface area contributed by atoms with Crippen LogP contribution < -0.4 is 0 Å². The number of benzene rings is 1. The fourth-order valence-corrected chi connectivity index (χ4v) is 2.33. The number of esters is 1. The minimum Gasteiger partial charge on any atom is -0.462 e. The summed E-state index contributed by atoms with van der Waals surface area (Å²) in [5.74, 6) is 0.934. The van der Waals surface area contributed by atoms with Crippen LogP contribution in [0.1, 0.15) is 50.4 Å². The van der Waals surface area contributed by atoms with Crippen molar-refractivity contribution in [3.63, 3.8) is 0 Å². The van der Waals surface area contributed by atoms with Gasteiger partial charge in [-0.25, -0.2) is 4.79 Å². The maximum atomic E-state index is 11.8. The second-order valence-electron chi connectivity index (χ2n) is 4.90. The van der Waals surface area contributed by atoms with Crippen LogP contribution in [-0.4, -0.2) is 12.6 Å². The SMILES string of the molecule is CCC(C)C(CC)CCOC(=O)c1[c]ccc(Cl)c1. The number of rotatable bonds is 7. The Hall–Kier alpha value is -1.02. The highest BCUT2D eigenvalue weighted by atomic mass is 35.5. The van der Waals surface area contributed by atoms with Gasteiger partial charge < -0.3 is 4.74 Å². The minimum absolute atomic E-state index is 0.346. The second kappa shape index (κ2) is 8.21. The molecule has 0 N–H and O–H groups in total. The van der Waals surface area contributed by atoms with Gasteiger partial charge in [0.2, 0.25) is 0 Å². The molecule has 0 fully saturated rings. The molecule has 0 saturated carbocycles. The molecule has 0 heterocycles. The lowest BCUT2D eigenvalue weighted by Gasteiger charge is -2.21. The third-order valence-electron chi connectivity index (χ3n) is 3.68. The summed E-state index contributed by atoms with van der Waals surface area (Å²) in [5, 5.41) is 0.525. The van der Waals surface area contributed by atoms with Gasteiger partial charge >= 0.3 is 5.97 Å². The zero-order valence-corrected chi connectivity index (χ0v) is 12.7. The molecule has 1 radical (unpaired) electrons. The highest BCUT2D eigenvalue weighted by Crippen LogP contribution is 2.22. The van der Waals surface area contributed by atoms with Crippen molar-refractivity contribution >= 4 is 17.6 Å². The zero-order chi connectivity index (χ0) is 14.3. The first-order valence-corrected chi connectivity index (χ1v) is 7.30. The number of hydrogen-bond acceptors (Lipinski definition) is 2. The van der Waals surface area contributed by atoms with Gasteiger partial charge in [-0.1, -0.05) is 51.3 Å². The Balaban J connectivity index is 2.42. The van der Waals surface area contributed by atoms with E-state index in [4.69, 9.17) is 16.3 Å². The molecule has 1 aromatic carbocycles. The molecule has 105 valence electrons. The fourth-order valence-electron chi connectivity index (χ4n) is 2.16. The lowest BCUT2D eigenvalue weighted by Crippen LogP contribution is -2.15. The Morgan fingerprint density at radius 1 is 1.42 bits per heavy atom. The van der Waals surface area contributed by atoms with Crippen LogP contribution in [0.5, 0.6) is 0 Å². The minimum atomic E-state index is -0.346. The molecule has 1 rings (SSSR count). The molecule has 19 heavy (non-hydrogen) atoms. The molecule has 0 spiro atoms. The Bertz CT molecular complexity index is 403. The summed E-state index contributed by atoms with van der Waals surface area (Å²) in [7, 11) is 0. The molecule has 0 aromatic heterocycles. The van der Waals surface area contributed by atoms with Gasteiger partial charge in [0, 0.05) is 5.02 Å². The summed E-state index contributed by atoms with van der Waals surface area (Å²) in [6.07, 6.45) is 3.20. The topological polar surface area (TPSA) is 26.3 Å². The summed E-state index contributed by atoms with van der Waals surface area (Å²) in [4.78, 5) is 11.8. The number of carbonyl (C=O) groups excluding carboxylic acids is 1. The summed E-state index contributed by atoms with van der Waals surface area (Å²) < 4.78 is 5.28. The van der Waals surface area contributed by atoms with E-state index in [1.54, 1.807) is 18.2 Å². The van der Waals surface area contributed by atoms with Crippen molar-refractivity contribution in [2.24, 2.45) is 11.8 Å². The summed E-state index contributed by atoms with van der Waals surface area (Å²) >= 11 is 5.83. The normalized spacial score (nSPS) is 13.9. The van der Waals surface area contributed by atoms with Crippen LogP contribution in [0.4, 0.5) is 0 Å². The van der Waals surface area contributed by atoms with E-state index in [9.17, 15) is 4.79 Å². The van der Waals surface area contributed by atoms with E-state index in [1.807, 2.05) is 0 Å². The third-order valence-corrected chi connectivity index (χ3v) is 3.91. The van der Waals surface area contributed by atoms with Gasteiger partial charge in [0.1, 0.15) is 0 Å². The van der Waals surface area contributed by atoms with Gasteiger partial charge in [0.05, 0.1) is 12.2 Å².